The highest BCUT2D eigenvalue weighted by Crippen LogP contribution is 2.20. The van der Waals surface area contributed by atoms with Crippen LogP contribution in [0.4, 0.5) is 8.78 Å². The Labute approximate surface area is 157 Å². The second-order valence-electron chi connectivity index (χ2n) is 6.52. The molecule has 2 aromatic carbocycles. The molecule has 0 aliphatic carbocycles. The second-order valence-corrected chi connectivity index (χ2v) is 8.29. The van der Waals surface area contributed by atoms with E-state index in [1.54, 1.807) is 11.0 Å². The predicted octanol–water partition coefficient (Wildman–Crippen LogP) is 2.80. The average Bonchev–Trinajstić information content (AvgIpc) is 2.67. The Balaban J connectivity index is 1.54. The van der Waals surface area contributed by atoms with Gasteiger partial charge in [0.2, 0.25) is 10.0 Å². The third kappa shape index (κ3) is 4.70. The lowest BCUT2D eigenvalue weighted by Crippen LogP contribution is -2.41. The number of likely N-dealkylation sites (tertiary alicyclic amines) is 1. The molecule has 0 saturated carbocycles. The first kappa shape index (κ1) is 19.4. The first-order valence-corrected chi connectivity index (χ1v) is 10.1. The molecule has 0 atom stereocenters. The third-order valence-corrected chi connectivity index (χ3v) is 6.10. The minimum atomic E-state index is -3.78. The zero-order valence-electron chi connectivity index (χ0n) is 14.6. The van der Waals surface area contributed by atoms with Gasteiger partial charge in [-0.05, 0) is 49.1 Å². The van der Waals surface area contributed by atoms with Crippen LogP contribution in [0.5, 0.6) is 0 Å². The molecular formula is C19H20F2N2O3S. The quantitative estimate of drug-likeness (QED) is 0.848. The van der Waals surface area contributed by atoms with Crippen LogP contribution < -0.4 is 4.72 Å². The molecule has 3 rings (SSSR count). The molecule has 1 fully saturated rings. The van der Waals surface area contributed by atoms with Gasteiger partial charge in [-0.3, -0.25) is 4.79 Å². The van der Waals surface area contributed by atoms with Crippen molar-refractivity contribution in [2.75, 3.05) is 19.6 Å². The molecule has 1 saturated heterocycles. The molecule has 1 heterocycles. The van der Waals surface area contributed by atoms with Gasteiger partial charge in [0, 0.05) is 19.6 Å². The van der Waals surface area contributed by atoms with Crippen molar-refractivity contribution in [1.82, 2.24) is 9.62 Å². The summed E-state index contributed by atoms with van der Waals surface area (Å²) in [6.45, 7) is 1.07. The zero-order chi connectivity index (χ0) is 19.4. The largest absolute Gasteiger partial charge is 0.339 e. The van der Waals surface area contributed by atoms with Crippen molar-refractivity contribution >= 4 is 15.9 Å². The summed E-state index contributed by atoms with van der Waals surface area (Å²) in [5.41, 5.74) is 0.0442. The maximum absolute atomic E-state index is 13.8. The minimum Gasteiger partial charge on any atom is -0.339 e. The number of nitrogens with one attached hydrogen (secondary N) is 1. The van der Waals surface area contributed by atoms with E-state index in [1.165, 1.54) is 36.4 Å². The number of hydrogen-bond donors (Lipinski definition) is 1. The molecule has 0 bridgehead atoms. The van der Waals surface area contributed by atoms with E-state index >= 15 is 0 Å². The Kier molecular flexibility index (Phi) is 5.86. The maximum Gasteiger partial charge on any atom is 0.256 e. The number of carbonyl (C=O) groups is 1. The lowest BCUT2D eigenvalue weighted by atomic mass is 9.96. The topological polar surface area (TPSA) is 66.5 Å². The van der Waals surface area contributed by atoms with Gasteiger partial charge in [0.15, 0.2) is 0 Å². The van der Waals surface area contributed by atoms with Crippen molar-refractivity contribution in [2.45, 2.75) is 17.7 Å². The van der Waals surface area contributed by atoms with Crippen LogP contribution in [0.1, 0.15) is 23.2 Å². The molecule has 0 radical (unpaired) electrons. The van der Waals surface area contributed by atoms with Crippen LogP contribution in [-0.2, 0) is 10.0 Å². The van der Waals surface area contributed by atoms with Gasteiger partial charge < -0.3 is 4.90 Å². The number of carbonyl (C=O) groups excluding carboxylic acids is 1. The molecule has 1 aliphatic heterocycles. The highest BCUT2D eigenvalue weighted by molar-refractivity contribution is 7.89. The van der Waals surface area contributed by atoms with Gasteiger partial charge in [0.1, 0.15) is 11.6 Å². The summed E-state index contributed by atoms with van der Waals surface area (Å²) < 4.78 is 54.0. The highest BCUT2D eigenvalue weighted by atomic mass is 32.2. The van der Waals surface area contributed by atoms with E-state index in [-0.39, 0.29) is 28.8 Å². The van der Waals surface area contributed by atoms with Crippen molar-refractivity contribution < 1.29 is 22.0 Å². The third-order valence-electron chi connectivity index (χ3n) is 4.67. The first-order valence-electron chi connectivity index (χ1n) is 8.66. The summed E-state index contributed by atoms with van der Waals surface area (Å²) in [5, 5.41) is 0. The molecule has 0 spiro atoms. The van der Waals surface area contributed by atoms with Crippen LogP contribution in [0.2, 0.25) is 0 Å². The van der Waals surface area contributed by atoms with Crippen LogP contribution in [-0.4, -0.2) is 38.9 Å². The molecule has 5 nitrogen and oxygen atoms in total. The summed E-state index contributed by atoms with van der Waals surface area (Å²) in [7, 11) is -3.78. The van der Waals surface area contributed by atoms with E-state index in [4.69, 9.17) is 0 Å². The smallest absolute Gasteiger partial charge is 0.256 e. The monoisotopic (exact) mass is 394 g/mol. The van der Waals surface area contributed by atoms with Crippen LogP contribution in [0, 0.1) is 17.6 Å². The number of amides is 1. The van der Waals surface area contributed by atoms with Gasteiger partial charge in [-0.25, -0.2) is 21.9 Å². The number of nitrogens with zero attached hydrogens (tertiary/aromatic N) is 1. The fourth-order valence-electron chi connectivity index (χ4n) is 3.09. The van der Waals surface area contributed by atoms with Crippen LogP contribution in [0.15, 0.2) is 53.4 Å². The van der Waals surface area contributed by atoms with Gasteiger partial charge in [-0.2, -0.15) is 0 Å². The van der Waals surface area contributed by atoms with E-state index in [0.29, 0.717) is 25.9 Å². The number of rotatable bonds is 5. The molecule has 8 heteroatoms. The fourth-order valence-corrected chi connectivity index (χ4v) is 4.24. The van der Waals surface area contributed by atoms with E-state index in [0.717, 1.165) is 6.07 Å². The van der Waals surface area contributed by atoms with Gasteiger partial charge in [0.25, 0.3) is 5.91 Å². The van der Waals surface area contributed by atoms with E-state index < -0.39 is 21.7 Å². The van der Waals surface area contributed by atoms with Crippen molar-refractivity contribution in [3.63, 3.8) is 0 Å². The molecule has 144 valence electrons. The normalized spacial score (nSPS) is 15.7. The molecule has 27 heavy (non-hydrogen) atoms. The molecule has 2 aromatic rings. The lowest BCUT2D eigenvalue weighted by Gasteiger charge is -2.32. The standard InChI is InChI=1S/C19H20F2N2O3S/c20-15-4-3-5-16(12-15)27(25,26)22-13-14-8-10-23(11-9-14)19(24)17-6-1-2-7-18(17)21/h1-7,12,14,22H,8-11,13H2. The molecule has 0 aromatic heterocycles. The Morgan fingerprint density at radius 1 is 1.07 bits per heavy atom. The summed E-state index contributed by atoms with van der Waals surface area (Å²) in [5.74, 6) is -1.46. The highest BCUT2D eigenvalue weighted by Gasteiger charge is 2.26. The van der Waals surface area contributed by atoms with E-state index in [1.807, 2.05) is 0 Å². The Bertz CT molecular complexity index is 926. The van der Waals surface area contributed by atoms with Crippen molar-refractivity contribution in [3.8, 4) is 0 Å². The fraction of sp³-hybridized carbons (Fsp3) is 0.316. The number of halogens is 2. The summed E-state index contributed by atoms with van der Waals surface area (Å²) in [6, 6.07) is 10.7. The number of piperidine rings is 1. The number of benzene rings is 2. The van der Waals surface area contributed by atoms with Crippen LogP contribution in [0.25, 0.3) is 0 Å². The minimum absolute atomic E-state index is 0.0442. The van der Waals surface area contributed by atoms with Crippen molar-refractivity contribution in [3.05, 3.63) is 65.7 Å². The van der Waals surface area contributed by atoms with E-state index in [9.17, 15) is 22.0 Å². The Morgan fingerprint density at radius 2 is 1.78 bits per heavy atom. The second kappa shape index (κ2) is 8.14. The summed E-state index contributed by atoms with van der Waals surface area (Å²) in [6.07, 6.45) is 1.21. The molecular weight excluding hydrogens is 374 g/mol. The number of sulfonamides is 1. The summed E-state index contributed by atoms with van der Waals surface area (Å²) in [4.78, 5) is 13.9. The van der Waals surface area contributed by atoms with Gasteiger partial charge in [-0.1, -0.05) is 18.2 Å². The van der Waals surface area contributed by atoms with Gasteiger partial charge in [0.05, 0.1) is 10.5 Å². The van der Waals surface area contributed by atoms with Crippen LogP contribution >= 0.6 is 0 Å². The average molecular weight is 394 g/mol. The molecule has 1 amide bonds. The molecule has 1 N–H and O–H groups in total. The first-order chi connectivity index (χ1) is 12.9. The van der Waals surface area contributed by atoms with Crippen LogP contribution in [0.3, 0.4) is 0 Å². The maximum atomic E-state index is 13.8. The molecule has 1 aliphatic rings. The SMILES string of the molecule is O=C(c1ccccc1F)N1CCC(CNS(=O)(=O)c2cccc(F)c2)CC1. The number of hydrogen-bond acceptors (Lipinski definition) is 3. The van der Waals surface area contributed by atoms with Crippen molar-refractivity contribution in [2.24, 2.45) is 5.92 Å². The van der Waals surface area contributed by atoms with Crippen molar-refractivity contribution in [1.29, 1.82) is 0 Å². The summed E-state index contributed by atoms with van der Waals surface area (Å²) >= 11 is 0. The van der Waals surface area contributed by atoms with Gasteiger partial charge in [-0.15, -0.1) is 0 Å². The Hall–Kier alpha value is -2.32. The van der Waals surface area contributed by atoms with Gasteiger partial charge >= 0.3 is 0 Å². The molecule has 0 unspecified atom stereocenters. The predicted molar refractivity (Wildman–Crippen MR) is 96.6 cm³/mol. The lowest BCUT2D eigenvalue weighted by molar-refractivity contribution is 0.0687. The Morgan fingerprint density at radius 3 is 2.44 bits per heavy atom. The van der Waals surface area contributed by atoms with E-state index in [2.05, 4.69) is 4.72 Å². The zero-order valence-corrected chi connectivity index (χ0v) is 15.4.